The fraction of sp³-hybridized carbons (Fsp3) is 0.0952. The Labute approximate surface area is 270 Å². The van der Waals surface area contributed by atoms with Gasteiger partial charge < -0.3 is 13.7 Å². The molecule has 228 valence electrons. The van der Waals surface area contributed by atoms with Gasteiger partial charge in [-0.15, -0.1) is 0 Å². The normalized spacial score (nSPS) is 11.5. The van der Waals surface area contributed by atoms with E-state index >= 15 is 0 Å². The first kappa shape index (κ1) is 28.5. The Bertz CT molecular complexity index is 2570. The lowest BCUT2D eigenvalue weighted by molar-refractivity contribution is 0.563. The van der Waals surface area contributed by atoms with Crippen LogP contribution in [0.15, 0.2) is 146 Å². The highest BCUT2D eigenvalue weighted by Crippen LogP contribution is 2.36. The molecular weight excluding hydrogens is 582 g/mol. The Morgan fingerprint density at radius 1 is 0.489 bits per heavy atom. The molecule has 47 heavy (non-hydrogen) atoms. The Hall–Kier alpha value is -5.94. The topological polar surface area (TPSA) is 63.7 Å². The maximum atomic E-state index is 13.3. The summed E-state index contributed by atoms with van der Waals surface area (Å²) in [7, 11) is 0. The van der Waals surface area contributed by atoms with Crippen LogP contribution < -0.4 is 16.2 Å². The Kier molecular flexibility index (Phi) is 6.95. The number of fused-ring (bicyclic) bond motifs is 7. The minimum atomic E-state index is -0.367. The maximum Gasteiger partial charge on any atom is 0.344 e. The molecule has 0 aliphatic heterocycles. The first-order valence-corrected chi connectivity index (χ1v) is 15.9. The molecule has 0 unspecified atom stereocenters. The molecule has 2 heterocycles. The van der Waals surface area contributed by atoms with Gasteiger partial charge in [-0.25, -0.2) is 9.59 Å². The molecular formula is C42H31NO4. The summed E-state index contributed by atoms with van der Waals surface area (Å²) in [4.78, 5) is 28.6. The summed E-state index contributed by atoms with van der Waals surface area (Å²) < 4.78 is 11.8. The molecule has 0 amide bonds. The van der Waals surface area contributed by atoms with Gasteiger partial charge in [-0.2, -0.15) is 0 Å². The molecule has 2 aromatic heterocycles. The van der Waals surface area contributed by atoms with Crippen molar-refractivity contribution >= 4 is 49.2 Å². The highest BCUT2D eigenvalue weighted by Gasteiger charge is 2.15. The standard InChI is InChI=1S/C42H31NO4/c1-3-43(4-2)31-22-21-30-23-36(41(44)46-39(30)24-31)28-17-13-26(14-18-28)27-15-19-29(20-16-27)37-25-38-34-11-6-5-9-32(34)33-10-7-8-12-35(33)40(38)47-42(37)45/h5-25H,3-4H2,1-2H3. The second-order valence-corrected chi connectivity index (χ2v) is 11.8. The van der Waals surface area contributed by atoms with Crippen molar-refractivity contribution in [2.24, 2.45) is 0 Å². The van der Waals surface area contributed by atoms with Crippen molar-refractivity contribution in [1.29, 1.82) is 0 Å². The average Bonchev–Trinajstić information content (AvgIpc) is 3.12. The van der Waals surface area contributed by atoms with Crippen molar-refractivity contribution in [3.63, 3.8) is 0 Å². The van der Waals surface area contributed by atoms with E-state index in [-0.39, 0.29) is 11.3 Å². The first-order valence-electron chi connectivity index (χ1n) is 15.9. The van der Waals surface area contributed by atoms with Crippen LogP contribution in [-0.2, 0) is 0 Å². The van der Waals surface area contributed by atoms with Crippen LogP contribution in [0.3, 0.4) is 0 Å². The lowest BCUT2D eigenvalue weighted by atomic mass is 9.95. The van der Waals surface area contributed by atoms with Crippen molar-refractivity contribution in [1.82, 2.24) is 0 Å². The van der Waals surface area contributed by atoms with E-state index in [0.717, 1.165) is 73.3 Å². The SMILES string of the molecule is CCN(CC)c1ccc2cc(-c3ccc(-c4ccc(-c5cc6c7ccccc7c7ccccc7c6oc5=O)cc4)cc3)c(=O)oc2c1. The zero-order chi connectivity index (χ0) is 32.1. The van der Waals surface area contributed by atoms with Gasteiger partial charge in [0.15, 0.2) is 0 Å². The predicted octanol–water partition coefficient (Wildman–Crippen LogP) is 10.1. The van der Waals surface area contributed by atoms with Crippen LogP contribution in [0.2, 0.25) is 0 Å². The van der Waals surface area contributed by atoms with E-state index in [4.69, 9.17) is 8.83 Å². The van der Waals surface area contributed by atoms with Crippen molar-refractivity contribution in [3.05, 3.63) is 148 Å². The molecule has 0 fully saturated rings. The molecule has 0 N–H and O–H groups in total. The average molecular weight is 614 g/mol. The number of nitrogens with zero attached hydrogens (tertiary/aromatic N) is 1. The van der Waals surface area contributed by atoms with Crippen LogP contribution in [-0.4, -0.2) is 13.1 Å². The molecule has 0 atom stereocenters. The molecule has 8 aromatic rings. The summed E-state index contributed by atoms with van der Waals surface area (Å²) in [6.45, 7) is 5.98. The molecule has 0 radical (unpaired) electrons. The van der Waals surface area contributed by atoms with Gasteiger partial charge in [0, 0.05) is 41.0 Å². The molecule has 8 rings (SSSR count). The largest absolute Gasteiger partial charge is 0.422 e. The molecule has 0 aliphatic carbocycles. The zero-order valence-corrected chi connectivity index (χ0v) is 26.1. The van der Waals surface area contributed by atoms with E-state index in [1.54, 1.807) is 0 Å². The Balaban J connectivity index is 1.11. The summed E-state index contributed by atoms with van der Waals surface area (Å²) in [6.07, 6.45) is 0. The summed E-state index contributed by atoms with van der Waals surface area (Å²) >= 11 is 0. The van der Waals surface area contributed by atoms with Crippen LogP contribution in [0, 0.1) is 0 Å². The maximum absolute atomic E-state index is 13.3. The molecule has 0 aliphatic rings. The summed E-state index contributed by atoms with van der Waals surface area (Å²) in [5, 5.41) is 5.96. The van der Waals surface area contributed by atoms with Crippen molar-refractivity contribution in [2.45, 2.75) is 13.8 Å². The molecule has 6 aromatic carbocycles. The summed E-state index contributed by atoms with van der Waals surface area (Å²) in [6, 6.07) is 41.9. The number of benzene rings is 6. The van der Waals surface area contributed by atoms with Crippen LogP contribution >= 0.6 is 0 Å². The molecule has 0 spiro atoms. The van der Waals surface area contributed by atoms with Crippen molar-refractivity contribution in [3.8, 4) is 33.4 Å². The number of hydrogen-bond donors (Lipinski definition) is 0. The van der Waals surface area contributed by atoms with Crippen molar-refractivity contribution < 1.29 is 8.83 Å². The Morgan fingerprint density at radius 2 is 0.979 bits per heavy atom. The van der Waals surface area contributed by atoms with E-state index in [0.29, 0.717) is 22.3 Å². The minimum Gasteiger partial charge on any atom is -0.422 e. The second-order valence-electron chi connectivity index (χ2n) is 11.8. The highest BCUT2D eigenvalue weighted by molar-refractivity contribution is 6.23. The molecule has 0 saturated carbocycles. The van der Waals surface area contributed by atoms with Crippen LogP contribution in [0.5, 0.6) is 0 Å². The van der Waals surface area contributed by atoms with Gasteiger partial charge in [-0.3, -0.25) is 0 Å². The highest BCUT2D eigenvalue weighted by atomic mass is 16.4. The quantitative estimate of drug-likeness (QED) is 0.138. The van der Waals surface area contributed by atoms with E-state index < -0.39 is 0 Å². The lowest BCUT2D eigenvalue weighted by Crippen LogP contribution is -2.21. The predicted molar refractivity (Wildman–Crippen MR) is 193 cm³/mol. The van der Waals surface area contributed by atoms with Gasteiger partial charge in [-0.05, 0) is 76.5 Å². The fourth-order valence-corrected chi connectivity index (χ4v) is 6.71. The van der Waals surface area contributed by atoms with Crippen LogP contribution in [0.25, 0.3) is 76.9 Å². The van der Waals surface area contributed by atoms with E-state index in [1.807, 2.05) is 103 Å². The van der Waals surface area contributed by atoms with E-state index in [9.17, 15) is 9.59 Å². The number of hydrogen-bond acceptors (Lipinski definition) is 5. The molecule has 0 bridgehead atoms. The van der Waals surface area contributed by atoms with Gasteiger partial charge in [0.1, 0.15) is 11.2 Å². The fourth-order valence-electron chi connectivity index (χ4n) is 6.71. The zero-order valence-electron chi connectivity index (χ0n) is 26.1. The lowest BCUT2D eigenvalue weighted by Gasteiger charge is -2.21. The number of anilines is 1. The monoisotopic (exact) mass is 613 g/mol. The number of rotatable bonds is 6. The third kappa shape index (κ3) is 4.88. The van der Waals surface area contributed by atoms with Gasteiger partial charge in [0.05, 0.1) is 11.1 Å². The smallest absolute Gasteiger partial charge is 0.344 e. The third-order valence-corrected chi connectivity index (χ3v) is 9.20. The minimum absolute atomic E-state index is 0.360. The van der Waals surface area contributed by atoms with Crippen LogP contribution in [0.1, 0.15) is 13.8 Å². The van der Waals surface area contributed by atoms with E-state index in [2.05, 4.69) is 43.0 Å². The molecule has 0 saturated heterocycles. The van der Waals surface area contributed by atoms with Crippen LogP contribution in [0.4, 0.5) is 5.69 Å². The first-order chi connectivity index (χ1) is 23.0. The second kappa shape index (κ2) is 11.5. The van der Waals surface area contributed by atoms with Gasteiger partial charge in [0.25, 0.3) is 0 Å². The van der Waals surface area contributed by atoms with Gasteiger partial charge in [-0.1, -0.05) is 97.1 Å². The third-order valence-electron chi connectivity index (χ3n) is 9.20. The van der Waals surface area contributed by atoms with Gasteiger partial charge >= 0.3 is 11.3 Å². The molecule has 5 nitrogen and oxygen atoms in total. The van der Waals surface area contributed by atoms with Crippen molar-refractivity contribution in [2.75, 3.05) is 18.0 Å². The summed E-state index contributed by atoms with van der Waals surface area (Å²) in [5.41, 5.74) is 6.13. The van der Waals surface area contributed by atoms with Gasteiger partial charge in [0.2, 0.25) is 0 Å². The molecule has 5 heteroatoms. The Morgan fingerprint density at radius 3 is 1.57 bits per heavy atom. The van der Waals surface area contributed by atoms with E-state index in [1.165, 1.54) is 0 Å². The summed E-state index contributed by atoms with van der Waals surface area (Å²) in [5.74, 6) is 0.